The number of rotatable bonds is 12. The fourth-order valence-electron chi connectivity index (χ4n) is 5.96. The highest BCUT2D eigenvalue weighted by Gasteiger charge is 2.64. The molecular formula is C35H36F2N4O6. The number of nitrogens with zero attached hydrogens (tertiary/aromatic N) is 3. The predicted octanol–water partition coefficient (Wildman–Crippen LogP) is 5.59. The van der Waals surface area contributed by atoms with Gasteiger partial charge >= 0.3 is 0 Å². The van der Waals surface area contributed by atoms with Crippen LogP contribution in [0.1, 0.15) is 19.8 Å². The molecule has 2 aliphatic rings. The lowest BCUT2D eigenvalue weighted by atomic mass is 10.00. The molecule has 2 N–H and O–H groups in total. The van der Waals surface area contributed by atoms with Crippen molar-refractivity contribution >= 4 is 34.1 Å². The number of carbonyl (C=O) groups excluding carboxylic acids is 2. The summed E-state index contributed by atoms with van der Waals surface area (Å²) in [7, 11) is 1.54. The molecule has 0 spiro atoms. The van der Waals surface area contributed by atoms with Gasteiger partial charge in [0.15, 0.2) is 23.1 Å². The van der Waals surface area contributed by atoms with Crippen molar-refractivity contribution in [1.82, 2.24) is 9.88 Å². The van der Waals surface area contributed by atoms with Crippen molar-refractivity contribution in [3.63, 3.8) is 0 Å². The summed E-state index contributed by atoms with van der Waals surface area (Å²) in [6.07, 6.45) is 2.65. The highest BCUT2D eigenvalue weighted by molar-refractivity contribution is 6.17. The number of fused-ring (bicyclic) bond motifs is 1. The topological polar surface area (TPSA) is 116 Å². The molecule has 4 aromatic rings. The number of aromatic nitrogens is 1. The molecule has 0 bridgehead atoms. The van der Waals surface area contributed by atoms with Crippen LogP contribution in [0.2, 0.25) is 0 Å². The monoisotopic (exact) mass is 646 g/mol. The molecule has 10 nitrogen and oxygen atoms in total. The van der Waals surface area contributed by atoms with Gasteiger partial charge in [-0.15, -0.1) is 0 Å². The highest BCUT2D eigenvalue weighted by Crippen LogP contribution is 2.54. The van der Waals surface area contributed by atoms with Crippen molar-refractivity contribution in [3.8, 4) is 23.0 Å². The van der Waals surface area contributed by atoms with Crippen LogP contribution in [0.4, 0.5) is 20.2 Å². The summed E-state index contributed by atoms with van der Waals surface area (Å²) in [5.74, 6) is -1.71. The molecule has 1 saturated carbocycles. The number of ether oxygens (including phenoxy) is 4. The number of benzene rings is 3. The Bertz CT molecular complexity index is 1780. The first-order chi connectivity index (χ1) is 22.7. The normalized spacial score (nSPS) is 19.3. The van der Waals surface area contributed by atoms with E-state index in [1.165, 1.54) is 48.4 Å². The summed E-state index contributed by atoms with van der Waals surface area (Å²) in [6, 6.07) is 14.2. The van der Waals surface area contributed by atoms with E-state index in [-0.39, 0.29) is 29.5 Å². The van der Waals surface area contributed by atoms with E-state index in [9.17, 15) is 14.0 Å². The number of primary amides is 1. The third-order valence-electron chi connectivity index (χ3n) is 8.78. The number of methoxy groups -OCH3 is 1. The Morgan fingerprint density at radius 3 is 2.38 bits per heavy atom. The second-order valence-electron chi connectivity index (χ2n) is 11.8. The number of hydrogen-bond acceptors (Lipinski definition) is 8. The Labute approximate surface area is 271 Å². The molecular weight excluding hydrogens is 610 g/mol. The van der Waals surface area contributed by atoms with E-state index >= 15 is 4.39 Å². The number of pyridine rings is 1. The maximum atomic E-state index is 15.7. The number of morpholine rings is 1. The van der Waals surface area contributed by atoms with Gasteiger partial charge in [-0.05, 0) is 67.3 Å². The Morgan fingerprint density at radius 2 is 1.72 bits per heavy atom. The van der Waals surface area contributed by atoms with Crippen LogP contribution in [0.5, 0.6) is 23.0 Å². The molecule has 0 unspecified atom stereocenters. The first kappa shape index (κ1) is 32.1. The average molecular weight is 647 g/mol. The van der Waals surface area contributed by atoms with Crippen molar-refractivity contribution in [2.75, 3.05) is 51.5 Å². The van der Waals surface area contributed by atoms with Crippen LogP contribution < -0.4 is 24.8 Å². The highest BCUT2D eigenvalue weighted by atomic mass is 19.1. The summed E-state index contributed by atoms with van der Waals surface area (Å²) in [5.41, 5.74) is 5.17. The minimum absolute atomic E-state index is 0.112. The Hall–Kier alpha value is -4.81. The molecule has 246 valence electrons. The van der Waals surface area contributed by atoms with Crippen LogP contribution in [0.15, 0.2) is 66.9 Å². The van der Waals surface area contributed by atoms with Gasteiger partial charge in [-0.2, -0.15) is 0 Å². The minimum atomic E-state index is -1.43. The fourth-order valence-corrected chi connectivity index (χ4v) is 5.96. The van der Waals surface area contributed by atoms with Gasteiger partial charge in [0.2, 0.25) is 11.8 Å². The number of amides is 2. The molecule has 2 fully saturated rings. The van der Waals surface area contributed by atoms with Crippen LogP contribution in [-0.4, -0.2) is 68.3 Å². The Morgan fingerprint density at radius 1 is 1.00 bits per heavy atom. The molecule has 47 heavy (non-hydrogen) atoms. The molecule has 1 aliphatic heterocycles. The van der Waals surface area contributed by atoms with Crippen molar-refractivity contribution in [2.24, 2.45) is 17.1 Å². The zero-order chi connectivity index (χ0) is 33.1. The maximum absolute atomic E-state index is 15.7. The van der Waals surface area contributed by atoms with Gasteiger partial charge in [0.25, 0.3) is 0 Å². The Kier molecular flexibility index (Phi) is 9.24. The van der Waals surface area contributed by atoms with Gasteiger partial charge in [0, 0.05) is 49.0 Å². The molecule has 1 saturated heterocycles. The third-order valence-corrected chi connectivity index (χ3v) is 8.78. The van der Waals surface area contributed by atoms with Crippen LogP contribution >= 0.6 is 0 Å². The van der Waals surface area contributed by atoms with Gasteiger partial charge in [-0.25, -0.2) is 8.78 Å². The second kappa shape index (κ2) is 13.5. The number of nitrogens with two attached hydrogens (primary N) is 1. The van der Waals surface area contributed by atoms with Gasteiger partial charge in [-0.3, -0.25) is 24.4 Å². The van der Waals surface area contributed by atoms with Crippen molar-refractivity contribution in [1.29, 1.82) is 0 Å². The standard InChI is InChI=1S/C35H36F2N4O6/c1-22-21-35(22,33(38)42)34(43)41(24-6-4-23(36)5-7-24)25-8-9-30(27(37)18-25)47-29-10-11-39-28-20-32(31(44-2)19-26(28)29)46-15-3-12-40-13-16-45-17-14-40/h4-11,18-20,22H,3,12-17,21H2,1-2H3,(H2,38,42)/t22-,35+/m1/s1. The van der Waals surface area contributed by atoms with Gasteiger partial charge < -0.3 is 24.7 Å². The van der Waals surface area contributed by atoms with E-state index in [1.54, 1.807) is 31.3 Å². The van der Waals surface area contributed by atoms with Crippen molar-refractivity contribution < 1.29 is 37.3 Å². The molecule has 0 radical (unpaired) electrons. The van der Waals surface area contributed by atoms with E-state index in [4.69, 9.17) is 24.7 Å². The van der Waals surface area contributed by atoms with E-state index in [0.29, 0.717) is 34.8 Å². The lowest BCUT2D eigenvalue weighted by molar-refractivity contribution is -0.134. The first-order valence-electron chi connectivity index (χ1n) is 15.5. The average Bonchev–Trinajstić information content (AvgIpc) is 3.77. The van der Waals surface area contributed by atoms with Crippen LogP contribution in [0, 0.1) is 23.0 Å². The predicted molar refractivity (Wildman–Crippen MR) is 171 cm³/mol. The van der Waals surface area contributed by atoms with E-state index in [0.717, 1.165) is 45.3 Å². The summed E-state index contributed by atoms with van der Waals surface area (Å²) in [4.78, 5) is 34.1. The zero-order valence-corrected chi connectivity index (χ0v) is 26.2. The number of halogens is 2. The van der Waals surface area contributed by atoms with Gasteiger partial charge in [0.05, 0.1) is 38.1 Å². The van der Waals surface area contributed by atoms with Crippen LogP contribution in [0.25, 0.3) is 10.9 Å². The lowest BCUT2D eigenvalue weighted by Crippen LogP contribution is -2.42. The number of carbonyl (C=O) groups is 2. The molecule has 1 aliphatic carbocycles. The largest absolute Gasteiger partial charge is 0.493 e. The second-order valence-corrected chi connectivity index (χ2v) is 11.8. The molecule has 2 amide bonds. The lowest BCUT2D eigenvalue weighted by Gasteiger charge is -2.27. The fraction of sp³-hybridized carbons (Fsp3) is 0.343. The molecule has 1 aromatic heterocycles. The molecule has 3 aromatic carbocycles. The molecule has 12 heteroatoms. The first-order valence-corrected chi connectivity index (χ1v) is 15.5. The number of anilines is 2. The smallest absolute Gasteiger partial charge is 0.247 e. The van der Waals surface area contributed by atoms with E-state index in [1.807, 2.05) is 0 Å². The summed E-state index contributed by atoms with van der Waals surface area (Å²) in [6.45, 7) is 6.46. The van der Waals surface area contributed by atoms with E-state index in [2.05, 4.69) is 9.88 Å². The van der Waals surface area contributed by atoms with Crippen molar-refractivity contribution in [2.45, 2.75) is 19.8 Å². The van der Waals surface area contributed by atoms with E-state index < -0.39 is 28.9 Å². The van der Waals surface area contributed by atoms with Gasteiger partial charge in [0.1, 0.15) is 17.0 Å². The molecule has 2 atom stereocenters. The maximum Gasteiger partial charge on any atom is 0.247 e. The number of hydrogen-bond donors (Lipinski definition) is 1. The SMILES string of the molecule is COc1cc2c(Oc3ccc(N(C(=O)[C@@]4(C(N)=O)C[C@H]4C)c4ccc(F)cc4)cc3F)ccnc2cc1OCCCN1CCOCC1. The minimum Gasteiger partial charge on any atom is -0.493 e. The van der Waals surface area contributed by atoms with Crippen LogP contribution in [0.3, 0.4) is 0 Å². The third kappa shape index (κ3) is 6.56. The molecule has 6 rings (SSSR count). The van der Waals surface area contributed by atoms with Crippen molar-refractivity contribution in [3.05, 3.63) is 78.5 Å². The Balaban J connectivity index is 1.24. The summed E-state index contributed by atoms with van der Waals surface area (Å²) >= 11 is 0. The summed E-state index contributed by atoms with van der Waals surface area (Å²) in [5, 5.41) is 0.572. The quantitative estimate of drug-likeness (QED) is 0.156. The van der Waals surface area contributed by atoms with Crippen LogP contribution in [-0.2, 0) is 14.3 Å². The van der Waals surface area contributed by atoms with Gasteiger partial charge in [-0.1, -0.05) is 6.92 Å². The zero-order valence-electron chi connectivity index (χ0n) is 26.2. The molecule has 2 heterocycles. The summed E-state index contributed by atoms with van der Waals surface area (Å²) < 4.78 is 52.5.